The largest absolute Gasteiger partial charge is 0.374 e. The highest BCUT2D eigenvalue weighted by atomic mass is 32.2. The fourth-order valence-electron chi connectivity index (χ4n) is 1.89. The van der Waals surface area contributed by atoms with Crippen molar-refractivity contribution in [3.63, 3.8) is 0 Å². The van der Waals surface area contributed by atoms with Gasteiger partial charge in [-0.1, -0.05) is 31.5 Å². The van der Waals surface area contributed by atoms with Crippen molar-refractivity contribution in [3.05, 3.63) is 29.3 Å². The molecule has 0 heterocycles. The van der Waals surface area contributed by atoms with Crippen LogP contribution < -0.4 is 10.2 Å². The molecule has 1 aromatic rings. The molecule has 2 nitrogen and oxygen atoms in total. The standard InChI is InChI=1S/C15H26N2S/c1-12(2)16-11-14-10-13(3)6-7-15(14)17(4)8-9-18-5/h6-7,10,12,16H,8-9,11H2,1-5H3. The number of aryl methyl sites for hydroxylation is 1. The molecule has 0 saturated heterocycles. The van der Waals surface area contributed by atoms with Crippen LogP contribution in [0.25, 0.3) is 0 Å². The number of nitrogens with zero attached hydrogens (tertiary/aromatic N) is 1. The minimum atomic E-state index is 0.523. The van der Waals surface area contributed by atoms with Gasteiger partial charge in [0.25, 0.3) is 0 Å². The van der Waals surface area contributed by atoms with Gasteiger partial charge in [-0.25, -0.2) is 0 Å². The van der Waals surface area contributed by atoms with E-state index in [9.17, 15) is 0 Å². The molecule has 0 aliphatic rings. The van der Waals surface area contributed by atoms with Crippen molar-refractivity contribution in [1.82, 2.24) is 5.32 Å². The molecule has 0 bridgehead atoms. The minimum absolute atomic E-state index is 0.523. The Bertz CT molecular complexity index is 364. The van der Waals surface area contributed by atoms with Crippen LogP contribution in [0.5, 0.6) is 0 Å². The van der Waals surface area contributed by atoms with E-state index in [1.54, 1.807) is 0 Å². The Morgan fingerprint density at radius 3 is 2.67 bits per heavy atom. The monoisotopic (exact) mass is 266 g/mol. The predicted octanol–water partition coefficient (Wildman–Crippen LogP) is 3.29. The zero-order valence-electron chi connectivity index (χ0n) is 12.3. The van der Waals surface area contributed by atoms with Gasteiger partial charge in [0.1, 0.15) is 0 Å². The number of rotatable bonds is 7. The Kier molecular flexibility index (Phi) is 6.58. The molecule has 0 saturated carbocycles. The highest BCUT2D eigenvalue weighted by Gasteiger charge is 2.08. The number of hydrogen-bond donors (Lipinski definition) is 1. The topological polar surface area (TPSA) is 15.3 Å². The van der Waals surface area contributed by atoms with Crippen molar-refractivity contribution in [2.45, 2.75) is 33.4 Å². The van der Waals surface area contributed by atoms with Gasteiger partial charge < -0.3 is 10.2 Å². The Labute approximate surface area is 116 Å². The van der Waals surface area contributed by atoms with Crippen molar-refractivity contribution < 1.29 is 0 Å². The Morgan fingerprint density at radius 1 is 1.33 bits per heavy atom. The highest BCUT2D eigenvalue weighted by Crippen LogP contribution is 2.21. The molecule has 0 aromatic heterocycles. The maximum absolute atomic E-state index is 3.51. The van der Waals surface area contributed by atoms with E-state index in [4.69, 9.17) is 0 Å². The number of benzene rings is 1. The third-order valence-corrected chi connectivity index (χ3v) is 3.57. The van der Waals surface area contributed by atoms with Crippen LogP contribution >= 0.6 is 11.8 Å². The lowest BCUT2D eigenvalue weighted by Crippen LogP contribution is -2.26. The minimum Gasteiger partial charge on any atom is -0.374 e. The molecule has 1 rings (SSSR count). The lowest BCUT2D eigenvalue weighted by molar-refractivity contribution is 0.588. The van der Waals surface area contributed by atoms with Gasteiger partial charge >= 0.3 is 0 Å². The average molecular weight is 266 g/mol. The molecule has 1 aromatic carbocycles. The first-order valence-corrected chi connectivity index (χ1v) is 7.97. The summed E-state index contributed by atoms with van der Waals surface area (Å²) in [7, 11) is 2.18. The highest BCUT2D eigenvalue weighted by molar-refractivity contribution is 7.98. The van der Waals surface area contributed by atoms with E-state index < -0.39 is 0 Å². The smallest absolute Gasteiger partial charge is 0.0409 e. The van der Waals surface area contributed by atoms with Gasteiger partial charge in [-0.3, -0.25) is 0 Å². The van der Waals surface area contributed by atoms with Crippen molar-refractivity contribution in [2.24, 2.45) is 0 Å². The van der Waals surface area contributed by atoms with Crippen LogP contribution in [0.15, 0.2) is 18.2 Å². The van der Waals surface area contributed by atoms with E-state index >= 15 is 0 Å². The van der Waals surface area contributed by atoms with Crippen LogP contribution in [0.2, 0.25) is 0 Å². The summed E-state index contributed by atoms with van der Waals surface area (Å²) in [5.74, 6) is 1.17. The van der Waals surface area contributed by atoms with E-state index in [0.717, 1.165) is 13.1 Å². The molecule has 3 heteroatoms. The van der Waals surface area contributed by atoms with Crippen molar-refractivity contribution in [1.29, 1.82) is 0 Å². The second-order valence-electron chi connectivity index (χ2n) is 5.08. The van der Waals surface area contributed by atoms with Crippen molar-refractivity contribution >= 4 is 17.4 Å². The maximum atomic E-state index is 3.51. The molecule has 0 spiro atoms. The fraction of sp³-hybridized carbons (Fsp3) is 0.600. The third-order valence-electron chi connectivity index (χ3n) is 2.98. The van der Waals surface area contributed by atoms with Gasteiger partial charge in [-0.15, -0.1) is 0 Å². The number of thioether (sulfide) groups is 1. The van der Waals surface area contributed by atoms with Crippen LogP contribution in [0.4, 0.5) is 5.69 Å². The third kappa shape index (κ3) is 4.91. The van der Waals surface area contributed by atoms with Crippen molar-refractivity contribution in [2.75, 3.05) is 30.5 Å². The van der Waals surface area contributed by atoms with Gasteiger partial charge in [-0.05, 0) is 24.8 Å². The Balaban J connectivity index is 2.81. The zero-order valence-corrected chi connectivity index (χ0v) is 13.1. The van der Waals surface area contributed by atoms with Crippen LogP contribution in [-0.4, -0.2) is 31.6 Å². The maximum Gasteiger partial charge on any atom is 0.0409 e. The SMILES string of the molecule is CSCCN(C)c1ccc(C)cc1CNC(C)C. The summed E-state index contributed by atoms with van der Waals surface area (Å²) in [4.78, 5) is 2.35. The Morgan fingerprint density at radius 2 is 2.06 bits per heavy atom. The van der Waals surface area contributed by atoms with E-state index in [2.05, 4.69) is 62.5 Å². The van der Waals surface area contributed by atoms with Gasteiger partial charge in [0.05, 0.1) is 0 Å². The molecule has 0 atom stereocenters. The average Bonchev–Trinajstić information content (AvgIpc) is 2.33. The molecular formula is C15H26N2S. The summed E-state index contributed by atoms with van der Waals surface area (Å²) in [6, 6.07) is 7.26. The zero-order chi connectivity index (χ0) is 13.5. The molecule has 102 valence electrons. The van der Waals surface area contributed by atoms with Crippen LogP contribution in [-0.2, 0) is 6.54 Å². The normalized spacial score (nSPS) is 11.0. The lowest BCUT2D eigenvalue weighted by Gasteiger charge is -2.23. The molecule has 0 fully saturated rings. The van der Waals surface area contributed by atoms with E-state index in [1.807, 2.05) is 11.8 Å². The fourth-order valence-corrected chi connectivity index (χ4v) is 2.35. The first kappa shape index (κ1) is 15.4. The first-order valence-electron chi connectivity index (χ1n) is 6.57. The van der Waals surface area contributed by atoms with Crippen molar-refractivity contribution in [3.8, 4) is 0 Å². The molecule has 0 unspecified atom stereocenters. The van der Waals surface area contributed by atoms with E-state index in [0.29, 0.717) is 6.04 Å². The van der Waals surface area contributed by atoms with Gasteiger partial charge in [0.15, 0.2) is 0 Å². The van der Waals surface area contributed by atoms with E-state index in [-0.39, 0.29) is 0 Å². The summed E-state index contributed by atoms with van der Waals surface area (Å²) < 4.78 is 0. The summed E-state index contributed by atoms with van der Waals surface area (Å²) >= 11 is 1.89. The molecule has 1 N–H and O–H groups in total. The van der Waals surface area contributed by atoms with Crippen LogP contribution in [0, 0.1) is 6.92 Å². The molecular weight excluding hydrogens is 240 g/mol. The molecule has 0 aliphatic carbocycles. The lowest BCUT2D eigenvalue weighted by atomic mass is 10.1. The second kappa shape index (κ2) is 7.70. The number of hydrogen-bond acceptors (Lipinski definition) is 3. The summed E-state index contributed by atoms with van der Waals surface area (Å²) in [5, 5.41) is 3.51. The molecule has 18 heavy (non-hydrogen) atoms. The number of anilines is 1. The molecule has 0 aliphatic heterocycles. The second-order valence-corrected chi connectivity index (χ2v) is 6.07. The Hall–Kier alpha value is -0.670. The van der Waals surface area contributed by atoms with Crippen LogP contribution in [0.1, 0.15) is 25.0 Å². The summed E-state index contributed by atoms with van der Waals surface area (Å²) in [5.41, 5.74) is 4.08. The van der Waals surface area contributed by atoms with Crippen LogP contribution in [0.3, 0.4) is 0 Å². The van der Waals surface area contributed by atoms with E-state index in [1.165, 1.54) is 22.6 Å². The number of nitrogens with one attached hydrogen (secondary N) is 1. The first-order chi connectivity index (χ1) is 8.54. The quantitative estimate of drug-likeness (QED) is 0.815. The van der Waals surface area contributed by atoms with Gasteiger partial charge in [-0.2, -0.15) is 11.8 Å². The molecule has 0 radical (unpaired) electrons. The summed E-state index contributed by atoms with van der Waals surface area (Å²) in [6.07, 6.45) is 2.16. The predicted molar refractivity (Wildman–Crippen MR) is 84.8 cm³/mol. The molecule has 0 amide bonds. The van der Waals surface area contributed by atoms with Gasteiger partial charge in [0.2, 0.25) is 0 Å². The van der Waals surface area contributed by atoms with Gasteiger partial charge in [0, 0.05) is 37.6 Å². The summed E-state index contributed by atoms with van der Waals surface area (Å²) in [6.45, 7) is 8.57.